The van der Waals surface area contributed by atoms with Crippen molar-refractivity contribution in [3.05, 3.63) is 158 Å². The maximum Gasteiger partial charge on any atom is 0.238 e. The topological polar surface area (TPSA) is 56.7 Å². The van der Waals surface area contributed by atoms with Gasteiger partial charge in [-0.25, -0.2) is 4.98 Å². The summed E-state index contributed by atoms with van der Waals surface area (Å²) >= 11 is 1.78. The molecule has 5 nitrogen and oxygen atoms in total. The van der Waals surface area contributed by atoms with Crippen LogP contribution in [0.3, 0.4) is 0 Å². The van der Waals surface area contributed by atoms with Crippen LogP contribution < -0.4 is 0 Å². The normalized spacial score (nSPS) is 11.9. The summed E-state index contributed by atoms with van der Waals surface area (Å²) in [4.78, 5) is 15.5. The minimum Gasteiger partial charge on any atom is -0.456 e. The number of furan rings is 1. The Hall–Kier alpha value is -6.63. The lowest BCUT2D eigenvalue weighted by Gasteiger charge is -2.11. The zero-order valence-corrected chi connectivity index (χ0v) is 27.9. The zero-order valence-electron chi connectivity index (χ0n) is 27.1. The second-order valence-corrected chi connectivity index (χ2v) is 13.9. The van der Waals surface area contributed by atoms with Gasteiger partial charge in [0, 0.05) is 52.8 Å². The molecule has 0 spiro atoms. The summed E-state index contributed by atoms with van der Waals surface area (Å²) < 4.78 is 10.6. The van der Waals surface area contributed by atoms with E-state index in [2.05, 4.69) is 132 Å². The fraction of sp³-hybridized carbons (Fsp3) is 0. The molecule has 0 unspecified atom stereocenters. The summed E-state index contributed by atoms with van der Waals surface area (Å²) in [6.45, 7) is 0. The molecule has 7 aromatic carbocycles. The van der Waals surface area contributed by atoms with E-state index in [1.807, 2.05) is 30.3 Å². The number of nitrogens with zero attached hydrogens (tertiary/aromatic N) is 4. The molecule has 0 aliphatic heterocycles. The average Bonchev–Trinajstić information content (AvgIpc) is 3.87. The first-order chi connectivity index (χ1) is 25.3. The van der Waals surface area contributed by atoms with Crippen LogP contribution in [0.25, 0.3) is 104 Å². The van der Waals surface area contributed by atoms with Gasteiger partial charge in [-0.3, -0.25) is 4.57 Å². The van der Waals surface area contributed by atoms with E-state index in [1.165, 1.54) is 31.8 Å². The van der Waals surface area contributed by atoms with Crippen molar-refractivity contribution >= 4 is 75.3 Å². The number of rotatable bonds is 4. The number of para-hydroxylation sites is 3. The number of thiophene rings is 1. The van der Waals surface area contributed by atoms with Crippen molar-refractivity contribution in [1.82, 2.24) is 19.5 Å². The molecule has 0 fully saturated rings. The Morgan fingerprint density at radius 1 is 0.431 bits per heavy atom. The van der Waals surface area contributed by atoms with Gasteiger partial charge < -0.3 is 4.42 Å². The molecule has 0 aliphatic rings. The van der Waals surface area contributed by atoms with Crippen molar-refractivity contribution in [2.24, 2.45) is 0 Å². The number of hydrogen-bond acceptors (Lipinski definition) is 5. The Morgan fingerprint density at radius 3 is 1.86 bits per heavy atom. The number of benzene rings is 7. The van der Waals surface area contributed by atoms with Crippen molar-refractivity contribution in [1.29, 1.82) is 0 Å². The predicted molar refractivity (Wildman–Crippen MR) is 211 cm³/mol. The van der Waals surface area contributed by atoms with E-state index in [9.17, 15) is 0 Å². The van der Waals surface area contributed by atoms with Gasteiger partial charge in [-0.2, -0.15) is 9.97 Å². The smallest absolute Gasteiger partial charge is 0.238 e. The molecule has 4 heterocycles. The Bertz CT molecular complexity index is 3100. The first-order valence-corrected chi connectivity index (χ1v) is 17.8. The highest BCUT2D eigenvalue weighted by atomic mass is 32.1. The summed E-state index contributed by atoms with van der Waals surface area (Å²) in [5, 5.41) is 6.99. The van der Waals surface area contributed by atoms with Crippen LogP contribution in [0, 0.1) is 0 Å². The Kier molecular flexibility index (Phi) is 6.05. The third-order valence-electron chi connectivity index (χ3n) is 9.88. The van der Waals surface area contributed by atoms with Gasteiger partial charge in [0.05, 0.1) is 11.0 Å². The fourth-order valence-electron chi connectivity index (χ4n) is 7.50. The van der Waals surface area contributed by atoms with E-state index in [4.69, 9.17) is 19.4 Å². The Labute approximate surface area is 295 Å². The fourth-order valence-corrected chi connectivity index (χ4v) is 8.69. The summed E-state index contributed by atoms with van der Waals surface area (Å²) in [6, 6.07) is 55.0. The second kappa shape index (κ2) is 10.9. The van der Waals surface area contributed by atoms with E-state index in [-0.39, 0.29) is 0 Å². The van der Waals surface area contributed by atoms with Crippen LogP contribution in [0.1, 0.15) is 0 Å². The lowest BCUT2D eigenvalue weighted by atomic mass is 10.0. The van der Waals surface area contributed by atoms with E-state index >= 15 is 0 Å². The first kappa shape index (κ1) is 28.2. The maximum atomic E-state index is 6.11. The molecule has 238 valence electrons. The molecule has 0 radical (unpaired) electrons. The van der Waals surface area contributed by atoms with Crippen LogP contribution in [0.15, 0.2) is 162 Å². The first-order valence-electron chi connectivity index (χ1n) is 16.9. The molecule has 6 heteroatoms. The van der Waals surface area contributed by atoms with Crippen LogP contribution in [0.5, 0.6) is 0 Å². The zero-order chi connectivity index (χ0) is 33.5. The largest absolute Gasteiger partial charge is 0.456 e. The molecule has 51 heavy (non-hydrogen) atoms. The third-order valence-corrected chi connectivity index (χ3v) is 11.1. The molecule has 0 bridgehead atoms. The van der Waals surface area contributed by atoms with Gasteiger partial charge in [0.2, 0.25) is 5.95 Å². The third kappa shape index (κ3) is 4.37. The van der Waals surface area contributed by atoms with Crippen molar-refractivity contribution in [3.63, 3.8) is 0 Å². The van der Waals surface area contributed by atoms with Crippen molar-refractivity contribution in [2.75, 3.05) is 0 Å². The maximum absolute atomic E-state index is 6.11. The quantitative estimate of drug-likeness (QED) is 0.187. The van der Waals surface area contributed by atoms with Crippen LogP contribution in [-0.2, 0) is 0 Å². The van der Waals surface area contributed by atoms with Gasteiger partial charge in [0.1, 0.15) is 11.2 Å². The molecule has 11 rings (SSSR count). The van der Waals surface area contributed by atoms with Gasteiger partial charge in [-0.15, -0.1) is 11.3 Å². The predicted octanol–water partition coefficient (Wildman–Crippen LogP) is 12.2. The summed E-state index contributed by atoms with van der Waals surface area (Å²) in [5.74, 6) is 1.88. The lowest BCUT2D eigenvalue weighted by molar-refractivity contribution is 0.669. The second-order valence-electron chi connectivity index (χ2n) is 12.8. The van der Waals surface area contributed by atoms with Crippen LogP contribution in [0.2, 0.25) is 0 Å². The van der Waals surface area contributed by atoms with Gasteiger partial charge in [0.25, 0.3) is 0 Å². The van der Waals surface area contributed by atoms with Crippen molar-refractivity contribution < 1.29 is 4.42 Å². The molecule has 0 saturated carbocycles. The standard InChI is InChI=1S/C45H26N4OS/c1-2-11-27(12-3-1)43-46-44(48-45(47-43)49-37-18-7-4-13-30(37)31-14-5-8-19-38(31)49)34-17-10-16-33-36-26-29(22-24-41(36)51-42(33)34)28-21-23-40-35(25-28)32-15-6-9-20-39(32)50-40/h1-26H. The summed E-state index contributed by atoms with van der Waals surface area (Å²) in [5.41, 5.74) is 8.19. The SMILES string of the molecule is c1ccc(-c2nc(-c3cccc4c3sc3ccc(-c5ccc6oc7ccccc7c6c5)cc34)nc(-n3c4ccccc4c4ccccc43)n2)cc1. The Morgan fingerprint density at radius 2 is 1.06 bits per heavy atom. The molecular formula is C45H26N4OS. The lowest BCUT2D eigenvalue weighted by Crippen LogP contribution is -2.06. The highest BCUT2D eigenvalue weighted by Crippen LogP contribution is 2.42. The molecule has 0 N–H and O–H groups in total. The Balaban J connectivity index is 1.11. The molecule has 0 amide bonds. The van der Waals surface area contributed by atoms with Crippen molar-refractivity contribution in [2.45, 2.75) is 0 Å². The molecule has 0 saturated heterocycles. The minimum absolute atomic E-state index is 0.596. The monoisotopic (exact) mass is 670 g/mol. The van der Waals surface area contributed by atoms with Gasteiger partial charge >= 0.3 is 0 Å². The molecule has 0 atom stereocenters. The summed E-state index contributed by atoms with van der Waals surface area (Å²) in [6.07, 6.45) is 0. The molecular weight excluding hydrogens is 645 g/mol. The van der Waals surface area contributed by atoms with E-state index < -0.39 is 0 Å². The molecule has 11 aromatic rings. The molecule has 4 aromatic heterocycles. The van der Waals surface area contributed by atoms with Crippen LogP contribution in [0.4, 0.5) is 0 Å². The highest BCUT2D eigenvalue weighted by Gasteiger charge is 2.20. The van der Waals surface area contributed by atoms with E-state index in [1.54, 1.807) is 11.3 Å². The van der Waals surface area contributed by atoms with Gasteiger partial charge in [0.15, 0.2) is 11.6 Å². The average molecular weight is 671 g/mol. The highest BCUT2D eigenvalue weighted by molar-refractivity contribution is 7.26. The van der Waals surface area contributed by atoms with E-state index in [0.717, 1.165) is 54.4 Å². The molecule has 0 aliphatic carbocycles. The van der Waals surface area contributed by atoms with Crippen LogP contribution in [-0.4, -0.2) is 19.5 Å². The van der Waals surface area contributed by atoms with E-state index in [0.29, 0.717) is 17.6 Å². The number of aromatic nitrogens is 4. The van der Waals surface area contributed by atoms with Gasteiger partial charge in [-0.1, -0.05) is 109 Å². The van der Waals surface area contributed by atoms with Crippen molar-refractivity contribution in [3.8, 4) is 39.9 Å². The number of fused-ring (bicyclic) bond motifs is 9. The summed E-state index contributed by atoms with van der Waals surface area (Å²) in [7, 11) is 0. The minimum atomic E-state index is 0.596. The van der Waals surface area contributed by atoms with Gasteiger partial charge in [-0.05, 0) is 59.7 Å². The van der Waals surface area contributed by atoms with Crippen LogP contribution >= 0.6 is 11.3 Å². The number of hydrogen-bond donors (Lipinski definition) is 0.